The highest BCUT2D eigenvalue weighted by atomic mass is 32.2. The Morgan fingerprint density at radius 2 is 1.71 bits per heavy atom. The van der Waals surface area contributed by atoms with E-state index in [4.69, 9.17) is 4.74 Å². The number of fused-ring (bicyclic) bond motifs is 2. The maximum absolute atomic E-state index is 13.2. The molecule has 1 unspecified atom stereocenters. The van der Waals surface area contributed by atoms with Crippen LogP contribution in [-0.2, 0) is 16.4 Å². The molecular weight excluding hydrogens is 444 g/mol. The molecule has 0 spiro atoms. The highest BCUT2D eigenvalue weighted by Crippen LogP contribution is 2.32. The second kappa shape index (κ2) is 9.49. The summed E-state index contributed by atoms with van der Waals surface area (Å²) in [6, 6.07) is 28.9. The van der Waals surface area contributed by atoms with Crippen molar-refractivity contribution in [1.82, 2.24) is 5.32 Å². The summed E-state index contributed by atoms with van der Waals surface area (Å²) in [5.74, 6) is 0.739. The lowest BCUT2D eigenvalue weighted by molar-refractivity contribution is 0.167. The average molecular weight is 473 g/mol. The van der Waals surface area contributed by atoms with Gasteiger partial charge in [0.25, 0.3) is 10.0 Å². The first-order valence-corrected chi connectivity index (χ1v) is 13.1. The molecule has 0 amide bonds. The topological polar surface area (TPSA) is 67.4 Å². The fourth-order valence-corrected chi connectivity index (χ4v) is 5.72. The quantitative estimate of drug-likeness (QED) is 0.363. The van der Waals surface area contributed by atoms with E-state index in [2.05, 4.69) is 29.1 Å². The van der Waals surface area contributed by atoms with Crippen molar-refractivity contribution in [3.63, 3.8) is 0 Å². The van der Waals surface area contributed by atoms with Gasteiger partial charge in [-0.3, -0.25) is 4.72 Å². The molecule has 0 aromatic heterocycles. The van der Waals surface area contributed by atoms with Gasteiger partial charge in [-0.2, -0.15) is 0 Å². The fourth-order valence-electron chi connectivity index (χ4n) is 4.44. The zero-order valence-electron chi connectivity index (χ0n) is 19.1. The summed E-state index contributed by atoms with van der Waals surface area (Å²) in [6.45, 7) is 2.87. The lowest BCUT2D eigenvalue weighted by Gasteiger charge is -2.28. The van der Waals surface area contributed by atoms with Crippen molar-refractivity contribution in [3.8, 4) is 5.75 Å². The Morgan fingerprint density at radius 3 is 2.56 bits per heavy atom. The Balaban J connectivity index is 1.30. The molecule has 2 atom stereocenters. The van der Waals surface area contributed by atoms with E-state index in [-0.39, 0.29) is 17.0 Å². The number of benzene rings is 4. The molecule has 0 saturated carbocycles. The molecule has 0 saturated heterocycles. The Kier molecular flexibility index (Phi) is 6.26. The van der Waals surface area contributed by atoms with E-state index in [1.165, 1.54) is 5.56 Å². The molecule has 4 aromatic carbocycles. The fraction of sp³-hybridized carbons (Fsp3) is 0.214. The van der Waals surface area contributed by atoms with E-state index >= 15 is 0 Å². The average Bonchev–Trinajstić information content (AvgIpc) is 2.87. The smallest absolute Gasteiger partial charge is 0.262 e. The van der Waals surface area contributed by atoms with E-state index in [1.807, 2.05) is 54.6 Å². The summed E-state index contributed by atoms with van der Waals surface area (Å²) in [5, 5.41) is 5.14. The highest BCUT2D eigenvalue weighted by Gasteiger charge is 2.22. The molecule has 174 valence electrons. The summed E-state index contributed by atoms with van der Waals surface area (Å²) >= 11 is 0. The van der Waals surface area contributed by atoms with Crippen LogP contribution in [0.4, 0.5) is 5.69 Å². The predicted octanol–water partition coefficient (Wildman–Crippen LogP) is 5.69. The number of sulfonamides is 1. The van der Waals surface area contributed by atoms with E-state index in [0.717, 1.165) is 36.1 Å². The third-order valence-corrected chi connectivity index (χ3v) is 7.78. The van der Waals surface area contributed by atoms with Gasteiger partial charge in [-0.1, -0.05) is 72.8 Å². The molecule has 34 heavy (non-hydrogen) atoms. The van der Waals surface area contributed by atoms with Crippen LogP contribution < -0.4 is 14.8 Å². The van der Waals surface area contributed by atoms with Crippen molar-refractivity contribution in [2.45, 2.75) is 36.8 Å². The number of hydrogen-bond donors (Lipinski definition) is 2. The lowest BCUT2D eigenvalue weighted by Crippen LogP contribution is -2.35. The van der Waals surface area contributed by atoms with Crippen LogP contribution in [0, 0.1) is 0 Å². The summed E-state index contributed by atoms with van der Waals surface area (Å²) in [4.78, 5) is 0.265. The molecule has 5 nitrogen and oxygen atoms in total. The molecule has 1 aliphatic rings. The highest BCUT2D eigenvalue weighted by molar-refractivity contribution is 7.93. The molecule has 0 fully saturated rings. The van der Waals surface area contributed by atoms with E-state index in [1.54, 1.807) is 24.3 Å². The normalized spacial score (nSPS) is 16.4. The summed E-state index contributed by atoms with van der Waals surface area (Å²) in [7, 11) is -3.75. The van der Waals surface area contributed by atoms with Gasteiger partial charge >= 0.3 is 0 Å². The van der Waals surface area contributed by atoms with Crippen molar-refractivity contribution in [1.29, 1.82) is 0 Å². The minimum Gasteiger partial charge on any atom is -0.489 e. The van der Waals surface area contributed by atoms with Crippen LogP contribution in [0.15, 0.2) is 95.9 Å². The van der Waals surface area contributed by atoms with Crippen LogP contribution in [0.3, 0.4) is 0 Å². The number of anilines is 1. The van der Waals surface area contributed by atoms with Crippen molar-refractivity contribution in [2.24, 2.45) is 0 Å². The van der Waals surface area contributed by atoms with Gasteiger partial charge in [0, 0.05) is 24.0 Å². The molecule has 1 heterocycles. The molecule has 5 rings (SSSR count). The van der Waals surface area contributed by atoms with Crippen molar-refractivity contribution < 1.29 is 13.2 Å². The van der Waals surface area contributed by atoms with Crippen molar-refractivity contribution in [3.05, 3.63) is 102 Å². The Hall–Kier alpha value is -3.35. The van der Waals surface area contributed by atoms with Gasteiger partial charge in [-0.05, 0) is 48.4 Å². The first-order valence-electron chi connectivity index (χ1n) is 11.6. The van der Waals surface area contributed by atoms with Crippen LogP contribution in [0.2, 0.25) is 0 Å². The Morgan fingerprint density at radius 1 is 0.941 bits per heavy atom. The van der Waals surface area contributed by atoms with Gasteiger partial charge in [0.05, 0.1) is 10.6 Å². The number of aryl methyl sites for hydroxylation is 1. The van der Waals surface area contributed by atoms with Gasteiger partial charge in [-0.15, -0.1) is 0 Å². The first kappa shape index (κ1) is 22.4. The van der Waals surface area contributed by atoms with Gasteiger partial charge in [0.15, 0.2) is 0 Å². The number of hydrogen-bond acceptors (Lipinski definition) is 4. The molecule has 2 N–H and O–H groups in total. The molecule has 4 aromatic rings. The summed E-state index contributed by atoms with van der Waals surface area (Å²) < 4.78 is 35.4. The molecule has 1 aliphatic heterocycles. The Labute approximate surface area is 200 Å². The zero-order valence-corrected chi connectivity index (χ0v) is 19.9. The number of nitrogens with one attached hydrogen (secondary N) is 2. The van der Waals surface area contributed by atoms with Crippen LogP contribution >= 0.6 is 0 Å². The maximum Gasteiger partial charge on any atom is 0.262 e. The number of rotatable bonds is 7. The van der Waals surface area contributed by atoms with Crippen molar-refractivity contribution in [2.75, 3.05) is 11.3 Å². The van der Waals surface area contributed by atoms with E-state index in [0.29, 0.717) is 11.1 Å². The minimum absolute atomic E-state index is 0.0311. The van der Waals surface area contributed by atoms with Gasteiger partial charge in [0.2, 0.25) is 0 Å². The van der Waals surface area contributed by atoms with Crippen LogP contribution in [0.1, 0.15) is 30.5 Å². The van der Waals surface area contributed by atoms with E-state index in [9.17, 15) is 8.42 Å². The molecular formula is C28H28N2O3S. The monoisotopic (exact) mass is 472 g/mol. The second-order valence-electron chi connectivity index (χ2n) is 8.72. The van der Waals surface area contributed by atoms with E-state index < -0.39 is 10.0 Å². The zero-order chi connectivity index (χ0) is 23.5. The predicted molar refractivity (Wildman–Crippen MR) is 137 cm³/mol. The SMILES string of the molecule is C[C@H](NCC1CCc2ccc(NS(=O)(=O)c3cccc4ccccc34)cc2O1)c1ccccc1. The molecule has 0 bridgehead atoms. The molecule has 0 aliphatic carbocycles. The van der Waals surface area contributed by atoms with Crippen LogP contribution in [-0.4, -0.2) is 21.1 Å². The number of ether oxygens (including phenoxy) is 1. The minimum atomic E-state index is -3.75. The first-order chi connectivity index (χ1) is 16.5. The third kappa shape index (κ3) is 4.79. The van der Waals surface area contributed by atoms with Crippen LogP contribution in [0.5, 0.6) is 5.75 Å². The largest absolute Gasteiger partial charge is 0.489 e. The van der Waals surface area contributed by atoms with Crippen molar-refractivity contribution >= 4 is 26.5 Å². The van der Waals surface area contributed by atoms with Gasteiger partial charge in [0.1, 0.15) is 11.9 Å². The molecule has 0 radical (unpaired) electrons. The summed E-state index contributed by atoms with van der Waals surface area (Å²) in [6.07, 6.45) is 1.85. The lowest BCUT2D eigenvalue weighted by atomic mass is 10.0. The third-order valence-electron chi connectivity index (χ3n) is 6.34. The van der Waals surface area contributed by atoms with Gasteiger partial charge < -0.3 is 10.1 Å². The standard InChI is InChI=1S/C28H28N2O3S/c1-20(21-8-3-2-4-9-21)29-19-25-17-15-23-14-16-24(18-27(23)33-25)30-34(31,32)28-13-7-11-22-10-5-6-12-26(22)28/h2-14,16,18,20,25,29-30H,15,17,19H2,1H3/t20-,25?/m0/s1. The van der Waals surface area contributed by atoms with Crippen LogP contribution in [0.25, 0.3) is 10.8 Å². The second-order valence-corrected chi connectivity index (χ2v) is 10.4. The molecule has 6 heteroatoms. The van der Waals surface area contributed by atoms with Gasteiger partial charge in [-0.25, -0.2) is 8.42 Å². The summed E-state index contributed by atoms with van der Waals surface area (Å²) in [5.41, 5.74) is 2.84. The Bertz CT molecular complexity index is 1400. The maximum atomic E-state index is 13.2.